The van der Waals surface area contributed by atoms with Crippen molar-refractivity contribution in [2.45, 2.75) is 26.8 Å². The molecule has 0 amide bonds. The fourth-order valence-corrected chi connectivity index (χ4v) is 2.02. The number of hydrogen-bond acceptors (Lipinski definition) is 5. The van der Waals surface area contributed by atoms with Gasteiger partial charge in [0.2, 0.25) is 0 Å². The predicted molar refractivity (Wildman–Crippen MR) is 81.2 cm³/mol. The second kappa shape index (κ2) is 7.75. The minimum Gasteiger partial charge on any atom is -0.462 e. The van der Waals surface area contributed by atoms with Crippen LogP contribution in [0.25, 0.3) is 0 Å². The standard InChI is InChI=1S/C15H24N2O3/c1-5-20-15(18)13-10-12(16)6-7-14(13)17(11(2)3)8-9-19-4/h6-7,10-11H,5,8-9,16H2,1-4H3. The van der Waals surface area contributed by atoms with Crippen molar-refractivity contribution in [2.24, 2.45) is 0 Å². The number of methoxy groups -OCH3 is 1. The molecule has 0 aliphatic rings. The van der Waals surface area contributed by atoms with Gasteiger partial charge in [-0.25, -0.2) is 4.79 Å². The summed E-state index contributed by atoms with van der Waals surface area (Å²) in [5, 5.41) is 0. The summed E-state index contributed by atoms with van der Waals surface area (Å²) in [5.41, 5.74) is 7.66. The first-order valence-electron chi connectivity index (χ1n) is 6.83. The Bertz CT molecular complexity index is 447. The van der Waals surface area contributed by atoms with Crippen molar-refractivity contribution < 1.29 is 14.3 Å². The van der Waals surface area contributed by atoms with Crippen molar-refractivity contribution in [1.29, 1.82) is 0 Å². The van der Waals surface area contributed by atoms with Crippen molar-refractivity contribution in [1.82, 2.24) is 0 Å². The SMILES string of the molecule is CCOC(=O)c1cc(N)ccc1N(CCOC)C(C)C. The van der Waals surface area contributed by atoms with Gasteiger partial charge in [0.05, 0.1) is 24.5 Å². The van der Waals surface area contributed by atoms with E-state index in [0.717, 1.165) is 5.69 Å². The Morgan fingerprint density at radius 3 is 2.65 bits per heavy atom. The fraction of sp³-hybridized carbons (Fsp3) is 0.533. The Kier molecular flexibility index (Phi) is 6.31. The second-order valence-electron chi connectivity index (χ2n) is 4.78. The third-order valence-electron chi connectivity index (χ3n) is 2.99. The molecule has 0 fully saturated rings. The van der Waals surface area contributed by atoms with Gasteiger partial charge in [0.25, 0.3) is 0 Å². The van der Waals surface area contributed by atoms with E-state index in [4.69, 9.17) is 15.2 Å². The lowest BCUT2D eigenvalue weighted by Crippen LogP contribution is -2.35. The van der Waals surface area contributed by atoms with Gasteiger partial charge in [0, 0.05) is 25.4 Å². The molecule has 0 aromatic heterocycles. The van der Waals surface area contributed by atoms with Crippen LogP contribution in [0.15, 0.2) is 18.2 Å². The molecule has 112 valence electrons. The molecular weight excluding hydrogens is 256 g/mol. The van der Waals surface area contributed by atoms with E-state index in [9.17, 15) is 4.79 Å². The summed E-state index contributed by atoms with van der Waals surface area (Å²) in [7, 11) is 1.66. The summed E-state index contributed by atoms with van der Waals surface area (Å²) < 4.78 is 10.2. The van der Waals surface area contributed by atoms with Gasteiger partial charge < -0.3 is 20.1 Å². The fourth-order valence-electron chi connectivity index (χ4n) is 2.02. The molecule has 0 aliphatic carbocycles. The Morgan fingerprint density at radius 2 is 2.10 bits per heavy atom. The molecule has 0 unspecified atom stereocenters. The van der Waals surface area contributed by atoms with Gasteiger partial charge in [-0.3, -0.25) is 0 Å². The van der Waals surface area contributed by atoms with Gasteiger partial charge >= 0.3 is 5.97 Å². The van der Waals surface area contributed by atoms with Crippen molar-refractivity contribution in [2.75, 3.05) is 37.5 Å². The summed E-state index contributed by atoms with van der Waals surface area (Å²) in [4.78, 5) is 14.2. The van der Waals surface area contributed by atoms with Gasteiger partial charge in [-0.15, -0.1) is 0 Å². The normalized spacial score (nSPS) is 10.7. The summed E-state index contributed by atoms with van der Waals surface area (Å²) in [6, 6.07) is 5.55. The number of esters is 1. The van der Waals surface area contributed by atoms with E-state index in [0.29, 0.717) is 31.0 Å². The average molecular weight is 280 g/mol. The maximum Gasteiger partial charge on any atom is 0.340 e. The van der Waals surface area contributed by atoms with E-state index in [1.54, 1.807) is 26.2 Å². The molecule has 0 radical (unpaired) electrons. The molecule has 0 saturated carbocycles. The molecule has 2 N–H and O–H groups in total. The highest BCUT2D eigenvalue weighted by molar-refractivity contribution is 5.97. The monoisotopic (exact) mass is 280 g/mol. The molecule has 20 heavy (non-hydrogen) atoms. The topological polar surface area (TPSA) is 64.8 Å². The predicted octanol–water partition coefficient (Wildman–Crippen LogP) is 2.31. The highest BCUT2D eigenvalue weighted by atomic mass is 16.5. The van der Waals surface area contributed by atoms with Crippen molar-refractivity contribution in [3.8, 4) is 0 Å². The Labute approximate surface area is 120 Å². The quantitative estimate of drug-likeness (QED) is 0.613. The van der Waals surface area contributed by atoms with Crippen molar-refractivity contribution >= 4 is 17.3 Å². The number of nitrogen functional groups attached to an aromatic ring is 1. The van der Waals surface area contributed by atoms with Gasteiger partial charge in [0.1, 0.15) is 0 Å². The van der Waals surface area contributed by atoms with Crippen molar-refractivity contribution in [3.63, 3.8) is 0 Å². The van der Waals surface area contributed by atoms with E-state index >= 15 is 0 Å². The van der Waals surface area contributed by atoms with Crippen LogP contribution in [0.1, 0.15) is 31.1 Å². The molecule has 1 aromatic carbocycles. The minimum atomic E-state index is -0.349. The maximum absolute atomic E-state index is 12.1. The minimum absolute atomic E-state index is 0.238. The molecule has 0 bridgehead atoms. The van der Waals surface area contributed by atoms with Gasteiger partial charge in [-0.05, 0) is 39.0 Å². The van der Waals surface area contributed by atoms with E-state index in [1.807, 2.05) is 6.07 Å². The lowest BCUT2D eigenvalue weighted by atomic mass is 10.1. The largest absolute Gasteiger partial charge is 0.462 e. The first kappa shape index (κ1) is 16.3. The lowest BCUT2D eigenvalue weighted by Gasteiger charge is -2.30. The van der Waals surface area contributed by atoms with Gasteiger partial charge in [-0.1, -0.05) is 0 Å². The summed E-state index contributed by atoms with van der Waals surface area (Å²) >= 11 is 0. The highest BCUT2D eigenvalue weighted by Gasteiger charge is 2.19. The van der Waals surface area contributed by atoms with Crippen LogP contribution in [-0.4, -0.2) is 38.9 Å². The number of benzene rings is 1. The Morgan fingerprint density at radius 1 is 1.40 bits per heavy atom. The van der Waals surface area contributed by atoms with Crippen molar-refractivity contribution in [3.05, 3.63) is 23.8 Å². The molecule has 1 aromatic rings. The number of anilines is 2. The van der Waals surface area contributed by atoms with Crippen LogP contribution in [-0.2, 0) is 9.47 Å². The number of carbonyl (C=O) groups is 1. The lowest BCUT2D eigenvalue weighted by molar-refractivity contribution is 0.0527. The molecule has 0 aliphatic heterocycles. The Balaban J connectivity index is 3.15. The number of nitrogens with two attached hydrogens (primary N) is 1. The summed E-state index contributed by atoms with van der Waals surface area (Å²) in [5.74, 6) is -0.349. The average Bonchev–Trinajstić information content (AvgIpc) is 2.40. The first-order valence-corrected chi connectivity index (χ1v) is 6.83. The van der Waals surface area contributed by atoms with Crippen LogP contribution < -0.4 is 10.6 Å². The molecule has 0 saturated heterocycles. The molecule has 5 nitrogen and oxygen atoms in total. The smallest absolute Gasteiger partial charge is 0.340 e. The molecule has 0 atom stereocenters. The summed E-state index contributed by atoms with van der Waals surface area (Å²) in [6.45, 7) is 7.55. The van der Waals surface area contributed by atoms with Gasteiger partial charge in [0.15, 0.2) is 0 Å². The number of carbonyl (C=O) groups excluding carboxylic acids is 1. The number of hydrogen-bond donors (Lipinski definition) is 1. The third kappa shape index (κ3) is 4.13. The molecule has 1 rings (SSSR count). The van der Waals surface area contributed by atoms with E-state index in [-0.39, 0.29) is 12.0 Å². The second-order valence-corrected chi connectivity index (χ2v) is 4.78. The molecule has 0 heterocycles. The van der Waals surface area contributed by atoms with E-state index < -0.39 is 0 Å². The van der Waals surface area contributed by atoms with E-state index in [2.05, 4.69) is 18.7 Å². The zero-order chi connectivity index (χ0) is 15.1. The maximum atomic E-state index is 12.1. The third-order valence-corrected chi connectivity index (χ3v) is 2.99. The number of nitrogens with zero attached hydrogens (tertiary/aromatic N) is 1. The number of rotatable bonds is 7. The van der Waals surface area contributed by atoms with Crippen LogP contribution in [0.3, 0.4) is 0 Å². The van der Waals surface area contributed by atoms with Crippen LogP contribution in [0.2, 0.25) is 0 Å². The van der Waals surface area contributed by atoms with Crippen LogP contribution in [0, 0.1) is 0 Å². The zero-order valence-corrected chi connectivity index (χ0v) is 12.7. The number of ether oxygens (including phenoxy) is 2. The van der Waals surface area contributed by atoms with E-state index in [1.165, 1.54) is 0 Å². The first-order chi connectivity index (χ1) is 9.51. The Hall–Kier alpha value is -1.75. The van der Waals surface area contributed by atoms with Crippen LogP contribution >= 0.6 is 0 Å². The molecular formula is C15H24N2O3. The highest BCUT2D eigenvalue weighted by Crippen LogP contribution is 2.25. The van der Waals surface area contributed by atoms with Gasteiger partial charge in [-0.2, -0.15) is 0 Å². The molecule has 0 spiro atoms. The van der Waals surface area contributed by atoms with Crippen LogP contribution in [0.5, 0.6) is 0 Å². The molecule has 5 heteroatoms. The van der Waals surface area contributed by atoms with Crippen LogP contribution in [0.4, 0.5) is 11.4 Å². The zero-order valence-electron chi connectivity index (χ0n) is 12.7. The summed E-state index contributed by atoms with van der Waals surface area (Å²) in [6.07, 6.45) is 0.